The van der Waals surface area contributed by atoms with E-state index in [2.05, 4.69) is 11.1 Å². The van der Waals surface area contributed by atoms with Crippen LogP contribution < -0.4 is 0 Å². The molecule has 2 aromatic heterocycles. The van der Waals surface area contributed by atoms with Crippen LogP contribution in [0.2, 0.25) is 0 Å². The fourth-order valence-corrected chi connectivity index (χ4v) is 1.58. The maximum Gasteiger partial charge on any atom is 0.153 e. The third kappa shape index (κ3) is 2.64. The molecule has 90 valence electrons. The number of fused-ring (bicyclic) bond motifs is 3. The van der Waals surface area contributed by atoms with E-state index < -0.39 is 0 Å². The normalized spacial score (nSPS) is 9.18. The third-order valence-corrected chi connectivity index (χ3v) is 2.18. The van der Waals surface area contributed by atoms with Crippen molar-refractivity contribution in [2.75, 3.05) is 0 Å². The van der Waals surface area contributed by atoms with Crippen LogP contribution in [0.25, 0.3) is 21.9 Å². The summed E-state index contributed by atoms with van der Waals surface area (Å²) in [5.74, 6) is 0. The van der Waals surface area contributed by atoms with Crippen molar-refractivity contribution in [1.29, 1.82) is 0 Å². The van der Waals surface area contributed by atoms with Gasteiger partial charge < -0.3 is 4.42 Å². The number of hydrogen-bond donors (Lipinski definition) is 0. The lowest BCUT2D eigenvalue weighted by Crippen LogP contribution is -1.67. The molecule has 0 saturated heterocycles. The smallest absolute Gasteiger partial charge is 0.153 e. The van der Waals surface area contributed by atoms with Gasteiger partial charge in [-0.05, 0) is 12.1 Å². The van der Waals surface area contributed by atoms with Crippen LogP contribution in [-0.2, 0) is 0 Å². The summed E-state index contributed by atoms with van der Waals surface area (Å²) in [5.41, 5.74) is 1.77. The zero-order chi connectivity index (χ0) is 12.7. The van der Waals surface area contributed by atoms with Crippen molar-refractivity contribution in [3.05, 3.63) is 42.7 Å². The van der Waals surface area contributed by atoms with E-state index >= 15 is 0 Å². The van der Waals surface area contributed by atoms with Crippen LogP contribution in [-0.4, -0.2) is 4.98 Å². The lowest BCUT2D eigenvalue weighted by Gasteiger charge is -1.84. The summed E-state index contributed by atoms with van der Waals surface area (Å²) < 4.78 is 5.59. The summed E-state index contributed by atoms with van der Waals surface area (Å²) in [6.45, 7) is 8.00. The average Bonchev–Trinajstić information content (AvgIpc) is 2.82. The van der Waals surface area contributed by atoms with Crippen LogP contribution >= 0.6 is 0 Å². The van der Waals surface area contributed by atoms with Crippen LogP contribution in [0.15, 0.2) is 47.1 Å². The molecule has 1 aromatic carbocycles. The molecule has 0 amide bonds. The standard InChI is InChI=1S/C11H7NO.2C2H6/c1-2-4-10-8(3-1)9-5-6-12-7-11(9)13-10;2*1-2/h1-7H;2*1-2H3. The molecule has 17 heavy (non-hydrogen) atoms. The molecule has 0 aliphatic carbocycles. The lowest BCUT2D eigenvalue weighted by molar-refractivity contribution is 0.667. The van der Waals surface area contributed by atoms with E-state index in [0.29, 0.717) is 0 Å². The van der Waals surface area contributed by atoms with Gasteiger partial charge in [0.25, 0.3) is 0 Å². The Morgan fingerprint density at radius 2 is 1.47 bits per heavy atom. The molecule has 0 aliphatic heterocycles. The van der Waals surface area contributed by atoms with Crippen molar-refractivity contribution in [2.45, 2.75) is 27.7 Å². The predicted octanol–water partition coefficient (Wildman–Crippen LogP) is 5.03. The largest absolute Gasteiger partial charge is 0.454 e. The molecule has 3 aromatic rings. The number of hydrogen-bond acceptors (Lipinski definition) is 2. The summed E-state index contributed by atoms with van der Waals surface area (Å²) in [6, 6.07) is 9.98. The van der Waals surface area contributed by atoms with Gasteiger partial charge in [-0.15, -0.1) is 0 Å². The van der Waals surface area contributed by atoms with Gasteiger partial charge in [0.05, 0.1) is 6.20 Å². The second-order valence-electron chi connectivity index (χ2n) is 2.97. The lowest BCUT2D eigenvalue weighted by atomic mass is 10.2. The summed E-state index contributed by atoms with van der Waals surface area (Å²) >= 11 is 0. The average molecular weight is 229 g/mol. The van der Waals surface area contributed by atoms with Gasteiger partial charge in [-0.2, -0.15) is 0 Å². The highest BCUT2D eigenvalue weighted by atomic mass is 16.3. The monoisotopic (exact) mass is 229 g/mol. The van der Waals surface area contributed by atoms with Gasteiger partial charge in [0, 0.05) is 17.0 Å². The topological polar surface area (TPSA) is 26.0 Å². The Balaban J connectivity index is 0.000000330. The van der Waals surface area contributed by atoms with E-state index in [1.54, 1.807) is 12.4 Å². The van der Waals surface area contributed by atoms with Crippen molar-refractivity contribution < 1.29 is 4.42 Å². The quantitative estimate of drug-likeness (QED) is 0.540. The van der Waals surface area contributed by atoms with Gasteiger partial charge in [-0.25, -0.2) is 0 Å². The fourth-order valence-electron chi connectivity index (χ4n) is 1.58. The molecule has 3 rings (SSSR count). The Kier molecular flexibility index (Phi) is 5.21. The summed E-state index contributed by atoms with van der Waals surface area (Å²) in [7, 11) is 0. The van der Waals surface area contributed by atoms with E-state index in [9.17, 15) is 0 Å². The van der Waals surface area contributed by atoms with E-state index in [1.807, 2.05) is 52.0 Å². The Morgan fingerprint density at radius 1 is 0.824 bits per heavy atom. The second-order valence-corrected chi connectivity index (χ2v) is 2.97. The Bertz CT molecular complexity index is 519. The number of benzene rings is 1. The molecular formula is C15H19NO. The summed E-state index contributed by atoms with van der Waals surface area (Å²) in [5, 5.41) is 2.28. The van der Waals surface area contributed by atoms with E-state index in [4.69, 9.17) is 4.42 Å². The number of para-hydroxylation sites is 1. The van der Waals surface area contributed by atoms with E-state index in [0.717, 1.165) is 21.9 Å². The van der Waals surface area contributed by atoms with Gasteiger partial charge >= 0.3 is 0 Å². The van der Waals surface area contributed by atoms with Crippen molar-refractivity contribution in [3.8, 4) is 0 Å². The first-order valence-corrected chi connectivity index (χ1v) is 6.16. The Labute approximate surface area is 102 Å². The molecule has 0 spiro atoms. The van der Waals surface area contributed by atoms with Gasteiger partial charge in [-0.3, -0.25) is 4.98 Å². The van der Waals surface area contributed by atoms with Crippen LogP contribution in [0.1, 0.15) is 27.7 Å². The SMILES string of the molecule is CC.CC.c1ccc2c(c1)oc1cnccc12. The van der Waals surface area contributed by atoms with Crippen molar-refractivity contribution in [2.24, 2.45) is 0 Å². The number of aromatic nitrogens is 1. The zero-order valence-electron chi connectivity index (χ0n) is 10.9. The first-order valence-electron chi connectivity index (χ1n) is 6.16. The molecule has 0 radical (unpaired) electrons. The Morgan fingerprint density at radius 3 is 2.24 bits per heavy atom. The minimum Gasteiger partial charge on any atom is -0.454 e. The molecule has 0 unspecified atom stereocenters. The minimum absolute atomic E-state index is 0.851. The molecule has 0 saturated carbocycles. The Hall–Kier alpha value is -1.83. The second kappa shape index (κ2) is 6.69. The maximum atomic E-state index is 5.59. The van der Waals surface area contributed by atoms with Crippen LogP contribution in [0, 0.1) is 0 Å². The highest BCUT2D eigenvalue weighted by Gasteiger charge is 2.03. The number of pyridine rings is 1. The molecular weight excluding hydrogens is 210 g/mol. The summed E-state index contributed by atoms with van der Waals surface area (Å²) in [4.78, 5) is 4.01. The molecule has 2 heterocycles. The van der Waals surface area contributed by atoms with Crippen molar-refractivity contribution >= 4 is 21.9 Å². The predicted molar refractivity (Wildman–Crippen MR) is 74.2 cm³/mol. The molecule has 0 bridgehead atoms. The van der Waals surface area contributed by atoms with Crippen LogP contribution in [0.5, 0.6) is 0 Å². The van der Waals surface area contributed by atoms with Gasteiger partial charge in [-0.1, -0.05) is 45.9 Å². The minimum atomic E-state index is 0.851. The number of rotatable bonds is 0. The first kappa shape index (κ1) is 13.2. The van der Waals surface area contributed by atoms with Gasteiger partial charge in [0.2, 0.25) is 0 Å². The zero-order valence-corrected chi connectivity index (χ0v) is 10.9. The van der Waals surface area contributed by atoms with Gasteiger partial charge in [0.15, 0.2) is 5.58 Å². The highest BCUT2D eigenvalue weighted by Crippen LogP contribution is 2.26. The van der Waals surface area contributed by atoms with E-state index in [1.165, 1.54) is 0 Å². The first-order chi connectivity index (χ1) is 8.45. The molecule has 0 fully saturated rings. The van der Waals surface area contributed by atoms with Crippen molar-refractivity contribution in [1.82, 2.24) is 4.98 Å². The number of furan rings is 1. The van der Waals surface area contributed by atoms with E-state index in [-0.39, 0.29) is 0 Å². The summed E-state index contributed by atoms with van der Waals surface area (Å²) in [6.07, 6.45) is 3.53. The van der Waals surface area contributed by atoms with Crippen LogP contribution in [0.4, 0.5) is 0 Å². The molecule has 0 aliphatic rings. The molecule has 0 N–H and O–H groups in total. The highest BCUT2D eigenvalue weighted by molar-refractivity contribution is 6.04. The fraction of sp³-hybridized carbons (Fsp3) is 0.267. The molecule has 0 atom stereocenters. The number of nitrogens with zero attached hydrogens (tertiary/aromatic N) is 1. The van der Waals surface area contributed by atoms with Crippen LogP contribution in [0.3, 0.4) is 0 Å². The molecule has 2 nitrogen and oxygen atoms in total. The molecule has 2 heteroatoms. The van der Waals surface area contributed by atoms with Crippen molar-refractivity contribution in [3.63, 3.8) is 0 Å². The van der Waals surface area contributed by atoms with Gasteiger partial charge in [0.1, 0.15) is 5.58 Å². The third-order valence-electron chi connectivity index (χ3n) is 2.18. The maximum absolute atomic E-state index is 5.59.